The van der Waals surface area contributed by atoms with Crippen LogP contribution in [0, 0.1) is 11.6 Å². The van der Waals surface area contributed by atoms with E-state index in [2.05, 4.69) is 11.8 Å². The Hall–Kier alpha value is -2.43. The van der Waals surface area contributed by atoms with E-state index in [1.165, 1.54) is 11.0 Å². The molecule has 1 amide bonds. The van der Waals surface area contributed by atoms with E-state index < -0.39 is 11.6 Å². The topological polar surface area (TPSA) is 23.6 Å². The normalized spacial score (nSPS) is 11.9. The van der Waals surface area contributed by atoms with E-state index in [9.17, 15) is 13.6 Å². The molecule has 0 aliphatic rings. The number of benzene rings is 2. The van der Waals surface area contributed by atoms with Crippen LogP contribution in [0.1, 0.15) is 42.2 Å². The number of hydrogen-bond donors (Lipinski definition) is 0. The molecule has 0 bridgehead atoms. The minimum atomic E-state index is -0.909. The Morgan fingerprint density at radius 3 is 2.24 bits per heavy atom. The summed E-state index contributed by atoms with van der Waals surface area (Å²) < 4.78 is 26.5. The van der Waals surface area contributed by atoms with Gasteiger partial charge in [-0.05, 0) is 55.3 Å². The van der Waals surface area contributed by atoms with Crippen LogP contribution in [0.2, 0.25) is 0 Å². The second-order valence-corrected chi connectivity index (χ2v) is 6.23. The minimum Gasteiger partial charge on any atom is -0.375 e. The third-order valence-electron chi connectivity index (χ3n) is 4.44. The van der Waals surface area contributed by atoms with E-state index in [4.69, 9.17) is 0 Å². The average Bonchev–Trinajstić information content (AvgIpc) is 2.62. The van der Waals surface area contributed by atoms with Crippen molar-refractivity contribution >= 4 is 11.6 Å². The van der Waals surface area contributed by atoms with Gasteiger partial charge in [0.2, 0.25) is 0 Å². The van der Waals surface area contributed by atoms with Gasteiger partial charge in [-0.3, -0.25) is 4.79 Å². The van der Waals surface area contributed by atoms with Crippen molar-refractivity contribution in [2.75, 3.05) is 25.5 Å². The molecule has 134 valence electrons. The van der Waals surface area contributed by atoms with Gasteiger partial charge in [0, 0.05) is 31.9 Å². The van der Waals surface area contributed by atoms with Gasteiger partial charge in [-0.25, -0.2) is 8.78 Å². The monoisotopic (exact) mass is 346 g/mol. The molecule has 0 saturated heterocycles. The predicted octanol–water partition coefficient (Wildman–Crippen LogP) is 4.64. The van der Waals surface area contributed by atoms with Crippen molar-refractivity contribution in [1.82, 2.24) is 4.90 Å². The third kappa shape index (κ3) is 4.35. The first-order valence-electron chi connectivity index (χ1n) is 8.38. The quantitative estimate of drug-likeness (QED) is 0.760. The first-order valence-corrected chi connectivity index (χ1v) is 8.38. The second-order valence-electron chi connectivity index (χ2n) is 6.23. The van der Waals surface area contributed by atoms with Gasteiger partial charge in [0.15, 0.2) is 11.6 Å². The van der Waals surface area contributed by atoms with Gasteiger partial charge in [-0.2, -0.15) is 0 Å². The van der Waals surface area contributed by atoms with Crippen LogP contribution >= 0.6 is 0 Å². The van der Waals surface area contributed by atoms with Crippen LogP contribution < -0.4 is 4.90 Å². The first-order chi connectivity index (χ1) is 11.8. The fraction of sp³-hybridized carbons (Fsp3) is 0.350. The number of nitrogens with zero attached hydrogens (tertiary/aromatic N) is 2. The van der Waals surface area contributed by atoms with E-state index in [0.29, 0.717) is 11.1 Å². The predicted molar refractivity (Wildman–Crippen MR) is 96.9 cm³/mol. The highest BCUT2D eigenvalue weighted by atomic mass is 19.2. The van der Waals surface area contributed by atoms with E-state index in [-0.39, 0.29) is 11.9 Å². The molecule has 0 N–H and O–H groups in total. The fourth-order valence-corrected chi connectivity index (χ4v) is 2.70. The Morgan fingerprint density at radius 1 is 1.04 bits per heavy atom. The van der Waals surface area contributed by atoms with Crippen LogP contribution in [0.5, 0.6) is 0 Å². The summed E-state index contributed by atoms with van der Waals surface area (Å²) in [6.45, 7) is 4.84. The molecule has 0 heterocycles. The fourth-order valence-electron chi connectivity index (χ4n) is 2.70. The Balaban J connectivity index is 2.14. The number of halogens is 2. The molecule has 0 aliphatic heterocycles. The summed E-state index contributed by atoms with van der Waals surface area (Å²) in [6.07, 6.45) is 1.05. The number of carbonyl (C=O) groups is 1. The van der Waals surface area contributed by atoms with Crippen LogP contribution in [0.25, 0.3) is 0 Å². The molecular formula is C20H24F2N2O. The largest absolute Gasteiger partial charge is 0.375 e. The summed E-state index contributed by atoms with van der Waals surface area (Å²) in [5, 5.41) is 0. The van der Waals surface area contributed by atoms with Crippen molar-refractivity contribution in [3.8, 4) is 0 Å². The van der Waals surface area contributed by atoms with Crippen molar-refractivity contribution in [3.63, 3.8) is 0 Å². The molecule has 1 atom stereocenters. The van der Waals surface area contributed by atoms with Gasteiger partial charge in [-0.15, -0.1) is 0 Å². The highest BCUT2D eigenvalue weighted by Gasteiger charge is 2.20. The number of amides is 1. The van der Waals surface area contributed by atoms with Crippen molar-refractivity contribution in [3.05, 3.63) is 65.2 Å². The molecular weight excluding hydrogens is 322 g/mol. The summed E-state index contributed by atoms with van der Waals surface area (Å²) in [6, 6.07) is 10.7. The van der Waals surface area contributed by atoms with Crippen LogP contribution in [-0.2, 0) is 0 Å². The number of hydrogen-bond acceptors (Lipinski definition) is 2. The molecule has 3 nitrogen and oxygen atoms in total. The second kappa shape index (κ2) is 8.10. The smallest absolute Gasteiger partial charge is 0.254 e. The molecule has 0 aliphatic carbocycles. The summed E-state index contributed by atoms with van der Waals surface area (Å²) in [7, 11) is 3.67. The van der Waals surface area contributed by atoms with Crippen molar-refractivity contribution in [2.24, 2.45) is 0 Å². The minimum absolute atomic E-state index is 0.165. The van der Waals surface area contributed by atoms with Crippen LogP contribution in [-0.4, -0.2) is 31.4 Å². The highest BCUT2D eigenvalue weighted by Crippen LogP contribution is 2.23. The maximum Gasteiger partial charge on any atom is 0.254 e. The summed E-state index contributed by atoms with van der Waals surface area (Å²) >= 11 is 0. The lowest BCUT2D eigenvalue weighted by Gasteiger charge is -2.26. The van der Waals surface area contributed by atoms with Gasteiger partial charge >= 0.3 is 0 Å². The zero-order valence-electron chi connectivity index (χ0n) is 15.1. The van der Waals surface area contributed by atoms with Crippen molar-refractivity contribution < 1.29 is 13.6 Å². The van der Waals surface area contributed by atoms with E-state index >= 15 is 0 Å². The van der Waals surface area contributed by atoms with Gasteiger partial charge < -0.3 is 9.80 Å². The zero-order valence-corrected chi connectivity index (χ0v) is 15.1. The van der Waals surface area contributed by atoms with Gasteiger partial charge in [0.05, 0.1) is 6.04 Å². The lowest BCUT2D eigenvalue weighted by atomic mass is 10.1. The molecule has 2 rings (SSSR count). The Kier molecular flexibility index (Phi) is 6.12. The van der Waals surface area contributed by atoms with Crippen LogP contribution in [0.15, 0.2) is 42.5 Å². The molecule has 5 heteroatoms. The Labute approximate surface area is 147 Å². The van der Waals surface area contributed by atoms with E-state index in [1.54, 1.807) is 26.1 Å². The van der Waals surface area contributed by atoms with E-state index in [0.717, 1.165) is 30.8 Å². The molecule has 0 aromatic heterocycles. The summed E-state index contributed by atoms with van der Waals surface area (Å²) in [5.41, 5.74) is 2.16. The Bertz CT molecular complexity index is 731. The van der Waals surface area contributed by atoms with Crippen LogP contribution in [0.3, 0.4) is 0 Å². The van der Waals surface area contributed by atoms with Crippen molar-refractivity contribution in [1.29, 1.82) is 0 Å². The number of carbonyl (C=O) groups excluding carboxylic acids is 1. The summed E-state index contributed by atoms with van der Waals surface area (Å²) in [4.78, 5) is 16.3. The Morgan fingerprint density at radius 2 is 1.68 bits per heavy atom. The zero-order chi connectivity index (χ0) is 18.6. The maximum absolute atomic E-state index is 13.4. The molecule has 2 aromatic carbocycles. The molecule has 0 fully saturated rings. The average molecular weight is 346 g/mol. The number of rotatable bonds is 6. The van der Waals surface area contributed by atoms with Crippen molar-refractivity contribution in [2.45, 2.75) is 26.3 Å². The number of anilines is 1. The molecule has 25 heavy (non-hydrogen) atoms. The first kappa shape index (κ1) is 18.9. The molecule has 2 aromatic rings. The lowest BCUT2D eigenvalue weighted by Crippen LogP contribution is -2.29. The molecule has 1 unspecified atom stereocenters. The van der Waals surface area contributed by atoms with Gasteiger partial charge in [0.1, 0.15) is 0 Å². The molecule has 0 radical (unpaired) electrons. The van der Waals surface area contributed by atoms with Gasteiger partial charge in [-0.1, -0.05) is 13.0 Å². The molecule has 0 saturated carbocycles. The lowest BCUT2D eigenvalue weighted by molar-refractivity contribution is 0.0742. The van der Waals surface area contributed by atoms with E-state index in [1.807, 2.05) is 19.2 Å². The standard InChI is InChI=1S/C20H24F2N2O/c1-5-12-23(3)17-9-6-15(7-10-17)20(25)24(4)14(2)16-8-11-18(21)19(22)13-16/h6-11,13-14H,5,12H2,1-4H3. The molecule has 0 spiro atoms. The maximum atomic E-state index is 13.4. The highest BCUT2D eigenvalue weighted by molar-refractivity contribution is 5.94. The van der Waals surface area contributed by atoms with Gasteiger partial charge in [0.25, 0.3) is 5.91 Å². The van der Waals surface area contributed by atoms with Crippen LogP contribution in [0.4, 0.5) is 14.5 Å². The third-order valence-corrected chi connectivity index (χ3v) is 4.44. The SMILES string of the molecule is CCCN(C)c1ccc(C(=O)N(C)C(C)c2ccc(F)c(F)c2)cc1. The summed E-state index contributed by atoms with van der Waals surface area (Å²) in [5.74, 6) is -1.97.